The number of aliphatic hydroxyl groups is 1. The fourth-order valence-electron chi connectivity index (χ4n) is 1.57. The molecule has 1 rings (SSSR count). The van der Waals surface area contributed by atoms with E-state index in [1.165, 1.54) is 12.1 Å². The molecular formula is C15H23Cl2O4P. The lowest BCUT2D eigenvalue weighted by Gasteiger charge is -2.25. The Bertz CT molecular complexity index is 518. The molecule has 4 nitrogen and oxygen atoms in total. The highest BCUT2D eigenvalue weighted by Gasteiger charge is 2.37. The van der Waals surface area contributed by atoms with Crippen molar-refractivity contribution >= 4 is 30.8 Å². The second-order valence-corrected chi connectivity index (χ2v) is 8.89. The van der Waals surface area contributed by atoms with Gasteiger partial charge in [-0.25, -0.2) is 0 Å². The minimum atomic E-state index is -3.75. The van der Waals surface area contributed by atoms with Crippen molar-refractivity contribution in [1.29, 1.82) is 0 Å². The van der Waals surface area contributed by atoms with E-state index in [0.29, 0.717) is 5.02 Å². The van der Waals surface area contributed by atoms with E-state index in [4.69, 9.17) is 32.2 Å². The molecule has 1 N–H and O–H groups in total. The van der Waals surface area contributed by atoms with Crippen molar-refractivity contribution < 1.29 is 18.7 Å². The summed E-state index contributed by atoms with van der Waals surface area (Å²) in [5.74, 6) is -1.14. The standard InChI is InChI=1S/C15H23Cl2O4P/c1-10(2)8-20-22(19,21-9-11(3)4)15(18)13-6-5-12(16)7-14(13)17/h5-7,10-11,15,18H,8-9H2,1-4H3/t15-/m0/s1. The zero-order valence-corrected chi connectivity index (χ0v) is 15.7. The number of benzene rings is 1. The highest BCUT2D eigenvalue weighted by molar-refractivity contribution is 7.54. The van der Waals surface area contributed by atoms with Gasteiger partial charge in [-0.05, 0) is 24.0 Å². The molecule has 0 saturated carbocycles. The maximum absolute atomic E-state index is 13.0. The first-order valence-electron chi connectivity index (χ1n) is 7.17. The summed E-state index contributed by atoms with van der Waals surface area (Å²) in [5, 5.41) is 11.2. The maximum Gasteiger partial charge on any atom is 0.363 e. The molecule has 0 amide bonds. The van der Waals surface area contributed by atoms with Crippen LogP contribution in [0.4, 0.5) is 0 Å². The Labute approximate surface area is 142 Å². The lowest BCUT2D eigenvalue weighted by Crippen LogP contribution is -2.12. The fraction of sp³-hybridized carbons (Fsp3) is 0.600. The molecular weight excluding hydrogens is 346 g/mol. The normalized spacial score (nSPS) is 13.9. The third kappa shape index (κ3) is 5.84. The minimum absolute atomic E-state index is 0.156. The average molecular weight is 369 g/mol. The molecule has 22 heavy (non-hydrogen) atoms. The first-order valence-corrected chi connectivity index (χ1v) is 9.54. The van der Waals surface area contributed by atoms with E-state index < -0.39 is 13.4 Å². The summed E-state index contributed by atoms with van der Waals surface area (Å²) in [7, 11) is -3.75. The first-order chi connectivity index (χ1) is 10.2. The van der Waals surface area contributed by atoms with Gasteiger partial charge < -0.3 is 14.2 Å². The molecule has 0 fully saturated rings. The summed E-state index contributed by atoms with van der Waals surface area (Å²) < 4.78 is 23.8. The molecule has 7 heteroatoms. The fourth-order valence-corrected chi connectivity index (χ4v) is 4.09. The van der Waals surface area contributed by atoms with Crippen LogP contribution in [-0.4, -0.2) is 18.3 Å². The van der Waals surface area contributed by atoms with Gasteiger partial charge in [-0.2, -0.15) is 0 Å². The van der Waals surface area contributed by atoms with Gasteiger partial charge in [0.1, 0.15) is 0 Å². The maximum atomic E-state index is 13.0. The molecule has 0 aliphatic rings. The quantitative estimate of drug-likeness (QED) is 0.613. The van der Waals surface area contributed by atoms with Crippen LogP contribution in [0.2, 0.25) is 10.0 Å². The molecule has 0 radical (unpaired) electrons. The highest BCUT2D eigenvalue weighted by Crippen LogP contribution is 2.61. The number of hydrogen-bond donors (Lipinski definition) is 1. The Morgan fingerprint density at radius 2 is 1.59 bits per heavy atom. The summed E-state index contributed by atoms with van der Waals surface area (Å²) in [4.78, 5) is 0. The van der Waals surface area contributed by atoms with Gasteiger partial charge in [-0.1, -0.05) is 57.0 Å². The highest BCUT2D eigenvalue weighted by atomic mass is 35.5. The second-order valence-electron chi connectivity index (χ2n) is 5.96. The van der Waals surface area contributed by atoms with Crippen molar-refractivity contribution in [1.82, 2.24) is 0 Å². The smallest absolute Gasteiger partial charge is 0.363 e. The van der Waals surface area contributed by atoms with E-state index in [1.54, 1.807) is 6.07 Å². The van der Waals surface area contributed by atoms with Gasteiger partial charge >= 0.3 is 7.60 Å². The van der Waals surface area contributed by atoms with Crippen molar-refractivity contribution in [2.75, 3.05) is 13.2 Å². The van der Waals surface area contributed by atoms with Crippen LogP contribution in [0.3, 0.4) is 0 Å². The molecule has 0 unspecified atom stereocenters. The van der Waals surface area contributed by atoms with E-state index in [1.807, 2.05) is 27.7 Å². The Balaban J connectivity index is 3.04. The molecule has 0 heterocycles. The SMILES string of the molecule is CC(C)COP(=O)(OCC(C)C)[C@H](O)c1ccc(Cl)cc1Cl. The Morgan fingerprint density at radius 1 is 1.09 bits per heavy atom. The topological polar surface area (TPSA) is 55.8 Å². The van der Waals surface area contributed by atoms with Crippen LogP contribution in [0.5, 0.6) is 0 Å². The predicted molar refractivity (Wildman–Crippen MR) is 90.6 cm³/mol. The van der Waals surface area contributed by atoms with Crippen LogP contribution < -0.4 is 0 Å². The van der Waals surface area contributed by atoms with Crippen LogP contribution in [0.25, 0.3) is 0 Å². The van der Waals surface area contributed by atoms with Crippen LogP contribution in [0.1, 0.15) is 39.1 Å². The van der Waals surface area contributed by atoms with Gasteiger partial charge in [-0.3, -0.25) is 4.57 Å². The molecule has 0 aliphatic heterocycles. The number of halogens is 2. The number of hydrogen-bond acceptors (Lipinski definition) is 4. The summed E-state index contributed by atoms with van der Waals surface area (Å²) in [6.45, 7) is 8.14. The molecule has 0 bridgehead atoms. The molecule has 1 aromatic carbocycles. The van der Waals surface area contributed by atoms with Gasteiger partial charge in [0.25, 0.3) is 0 Å². The molecule has 0 aromatic heterocycles. The van der Waals surface area contributed by atoms with Crippen molar-refractivity contribution in [3.63, 3.8) is 0 Å². The summed E-state index contributed by atoms with van der Waals surface area (Å²) in [6, 6.07) is 4.58. The Morgan fingerprint density at radius 3 is 2.00 bits per heavy atom. The molecule has 1 atom stereocenters. The minimum Gasteiger partial charge on any atom is -0.376 e. The molecule has 0 aliphatic carbocycles. The van der Waals surface area contributed by atoms with Gasteiger partial charge in [0.15, 0.2) is 5.85 Å². The van der Waals surface area contributed by atoms with Crippen molar-refractivity contribution in [3.05, 3.63) is 33.8 Å². The zero-order valence-electron chi connectivity index (χ0n) is 13.3. The lowest BCUT2D eigenvalue weighted by atomic mass is 10.2. The lowest BCUT2D eigenvalue weighted by molar-refractivity contribution is 0.124. The van der Waals surface area contributed by atoms with Crippen molar-refractivity contribution in [3.8, 4) is 0 Å². The molecule has 1 aromatic rings. The van der Waals surface area contributed by atoms with E-state index >= 15 is 0 Å². The number of aliphatic hydroxyl groups excluding tert-OH is 1. The van der Waals surface area contributed by atoms with Crippen molar-refractivity contribution in [2.45, 2.75) is 33.5 Å². The van der Waals surface area contributed by atoms with E-state index in [0.717, 1.165) is 0 Å². The second kappa shape index (κ2) is 8.68. The van der Waals surface area contributed by atoms with E-state index in [-0.39, 0.29) is 35.6 Å². The van der Waals surface area contributed by atoms with Crippen LogP contribution >= 0.6 is 30.8 Å². The van der Waals surface area contributed by atoms with Gasteiger partial charge in [0.05, 0.1) is 13.2 Å². The van der Waals surface area contributed by atoms with Gasteiger partial charge in [-0.15, -0.1) is 0 Å². The van der Waals surface area contributed by atoms with E-state index in [9.17, 15) is 9.67 Å². The van der Waals surface area contributed by atoms with Crippen LogP contribution in [0, 0.1) is 11.8 Å². The molecule has 126 valence electrons. The largest absolute Gasteiger partial charge is 0.376 e. The number of rotatable bonds is 8. The third-order valence-corrected chi connectivity index (χ3v) is 5.17. The zero-order chi connectivity index (χ0) is 16.9. The predicted octanol–water partition coefficient (Wildman–Crippen LogP) is 5.52. The Hall–Kier alpha value is -0.0900. The third-order valence-electron chi connectivity index (χ3n) is 2.72. The van der Waals surface area contributed by atoms with Crippen LogP contribution in [0.15, 0.2) is 18.2 Å². The van der Waals surface area contributed by atoms with Crippen LogP contribution in [-0.2, 0) is 13.6 Å². The van der Waals surface area contributed by atoms with E-state index in [2.05, 4.69) is 0 Å². The van der Waals surface area contributed by atoms with Gasteiger partial charge in [0, 0.05) is 15.6 Å². The Kier molecular flexibility index (Phi) is 7.87. The molecule has 0 spiro atoms. The van der Waals surface area contributed by atoms with Gasteiger partial charge in [0.2, 0.25) is 0 Å². The first kappa shape index (κ1) is 20.0. The van der Waals surface area contributed by atoms with Crippen molar-refractivity contribution in [2.24, 2.45) is 11.8 Å². The monoisotopic (exact) mass is 368 g/mol. The summed E-state index contributed by atoms with van der Waals surface area (Å²) >= 11 is 11.9. The summed E-state index contributed by atoms with van der Waals surface area (Å²) in [5.41, 5.74) is 0.280. The average Bonchev–Trinajstić information content (AvgIpc) is 2.42. The summed E-state index contributed by atoms with van der Waals surface area (Å²) in [6.07, 6.45) is 0. The molecule has 0 saturated heterocycles.